The van der Waals surface area contributed by atoms with E-state index >= 15 is 0 Å². The molecule has 0 bridgehead atoms. The highest BCUT2D eigenvalue weighted by Crippen LogP contribution is 2.23. The Hall–Kier alpha value is -1.71. The molecule has 1 saturated carbocycles. The van der Waals surface area contributed by atoms with Crippen LogP contribution in [0.25, 0.3) is 0 Å². The summed E-state index contributed by atoms with van der Waals surface area (Å²) in [5, 5.41) is 3.07. The highest BCUT2D eigenvalue weighted by Gasteiger charge is 2.22. The number of amides is 1. The molecule has 20 heavy (non-hydrogen) atoms. The average molecular weight is 277 g/mol. The molecule has 1 aromatic carbocycles. The third kappa shape index (κ3) is 4.15. The van der Waals surface area contributed by atoms with Crippen molar-refractivity contribution >= 4 is 5.91 Å². The predicted molar refractivity (Wildman–Crippen MR) is 78.1 cm³/mol. The molecule has 1 aliphatic rings. The van der Waals surface area contributed by atoms with Crippen LogP contribution in [0.1, 0.15) is 32.6 Å². The van der Waals surface area contributed by atoms with E-state index in [0.29, 0.717) is 17.7 Å². The van der Waals surface area contributed by atoms with Gasteiger partial charge in [0.05, 0.1) is 7.11 Å². The van der Waals surface area contributed by atoms with E-state index in [1.807, 2.05) is 18.2 Å². The van der Waals surface area contributed by atoms with E-state index in [4.69, 9.17) is 9.47 Å². The number of carbonyl (C=O) groups excluding carboxylic acids is 1. The van der Waals surface area contributed by atoms with Gasteiger partial charge >= 0.3 is 0 Å². The summed E-state index contributed by atoms with van der Waals surface area (Å²) in [7, 11) is 1.61. The fourth-order valence-corrected chi connectivity index (χ4v) is 2.62. The van der Waals surface area contributed by atoms with E-state index in [0.717, 1.165) is 12.2 Å². The van der Waals surface area contributed by atoms with Crippen molar-refractivity contribution in [1.29, 1.82) is 0 Å². The van der Waals surface area contributed by atoms with Crippen molar-refractivity contribution in [2.75, 3.05) is 13.7 Å². The van der Waals surface area contributed by atoms with Gasteiger partial charge < -0.3 is 14.8 Å². The summed E-state index contributed by atoms with van der Waals surface area (Å²) in [6.45, 7) is 2.25. The highest BCUT2D eigenvalue weighted by atomic mass is 16.5. The number of ether oxygens (including phenoxy) is 2. The standard InChI is InChI=1S/C16H23NO3/c1-12-6-3-4-9-15(12)17-16(18)11-20-14-8-5-7-13(10-14)19-2/h5,7-8,10,12,15H,3-4,6,9,11H2,1-2H3,(H,17,18). The molecule has 4 nitrogen and oxygen atoms in total. The maximum atomic E-state index is 11.9. The van der Waals surface area contributed by atoms with Crippen molar-refractivity contribution < 1.29 is 14.3 Å². The zero-order chi connectivity index (χ0) is 14.4. The summed E-state index contributed by atoms with van der Waals surface area (Å²) in [5.74, 6) is 1.89. The molecular formula is C16H23NO3. The molecule has 2 unspecified atom stereocenters. The zero-order valence-electron chi connectivity index (χ0n) is 12.2. The summed E-state index contributed by atoms with van der Waals surface area (Å²) >= 11 is 0. The van der Waals surface area contributed by atoms with Gasteiger partial charge in [-0.3, -0.25) is 4.79 Å². The third-order valence-corrected chi connectivity index (χ3v) is 3.87. The Morgan fingerprint density at radius 3 is 2.80 bits per heavy atom. The molecule has 1 aromatic rings. The molecule has 110 valence electrons. The van der Waals surface area contributed by atoms with Crippen LogP contribution in [0.5, 0.6) is 11.5 Å². The van der Waals surface area contributed by atoms with Crippen LogP contribution in [0.4, 0.5) is 0 Å². The summed E-state index contributed by atoms with van der Waals surface area (Å²) in [5.41, 5.74) is 0. The van der Waals surface area contributed by atoms with Gasteiger partial charge in [-0.05, 0) is 30.9 Å². The fraction of sp³-hybridized carbons (Fsp3) is 0.562. The van der Waals surface area contributed by atoms with Crippen molar-refractivity contribution in [3.05, 3.63) is 24.3 Å². The summed E-state index contributed by atoms with van der Waals surface area (Å²) in [6, 6.07) is 7.58. The topological polar surface area (TPSA) is 47.6 Å². The minimum Gasteiger partial charge on any atom is -0.497 e. The van der Waals surface area contributed by atoms with Gasteiger partial charge in [0.1, 0.15) is 11.5 Å². The molecule has 1 N–H and O–H groups in total. The molecule has 0 aliphatic heterocycles. The highest BCUT2D eigenvalue weighted by molar-refractivity contribution is 5.77. The molecule has 0 spiro atoms. The molecular weight excluding hydrogens is 254 g/mol. The smallest absolute Gasteiger partial charge is 0.258 e. The van der Waals surface area contributed by atoms with Crippen LogP contribution in [0.15, 0.2) is 24.3 Å². The SMILES string of the molecule is COc1cccc(OCC(=O)NC2CCCCC2C)c1. The van der Waals surface area contributed by atoms with Crippen molar-refractivity contribution in [1.82, 2.24) is 5.32 Å². The lowest BCUT2D eigenvalue weighted by Gasteiger charge is -2.29. The second kappa shape index (κ2) is 7.17. The van der Waals surface area contributed by atoms with Crippen LogP contribution in [0.3, 0.4) is 0 Å². The number of hydrogen-bond donors (Lipinski definition) is 1. The van der Waals surface area contributed by atoms with Gasteiger partial charge in [-0.25, -0.2) is 0 Å². The normalized spacial score (nSPS) is 22.1. The Morgan fingerprint density at radius 1 is 1.30 bits per heavy atom. The number of nitrogens with one attached hydrogen (secondary N) is 1. The van der Waals surface area contributed by atoms with Crippen molar-refractivity contribution in [3.63, 3.8) is 0 Å². The molecule has 0 saturated heterocycles. The molecule has 1 aliphatic carbocycles. The quantitative estimate of drug-likeness (QED) is 0.900. The second-order valence-corrected chi connectivity index (χ2v) is 5.40. The molecule has 2 atom stereocenters. The van der Waals surface area contributed by atoms with Gasteiger partial charge in [0, 0.05) is 12.1 Å². The Kier molecular flexibility index (Phi) is 5.27. The van der Waals surface area contributed by atoms with Crippen molar-refractivity contribution in [2.45, 2.75) is 38.6 Å². The maximum Gasteiger partial charge on any atom is 0.258 e. The molecule has 0 heterocycles. The van der Waals surface area contributed by atoms with Gasteiger partial charge in [0.25, 0.3) is 5.91 Å². The van der Waals surface area contributed by atoms with Gasteiger partial charge in [-0.1, -0.05) is 25.8 Å². The van der Waals surface area contributed by atoms with Gasteiger partial charge in [-0.2, -0.15) is 0 Å². The first-order valence-electron chi connectivity index (χ1n) is 7.25. The van der Waals surface area contributed by atoms with E-state index in [-0.39, 0.29) is 12.5 Å². The second-order valence-electron chi connectivity index (χ2n) is 5.40. The first-order chi connectivity index (χ1) is 9.69. The predicted octanol–water partition coefficient (Wildman–Crippen LogP) is 2.77. The lowest BCUT2D eigenvalue weighted by molar-refractivity contribution is -0.124. The van der Waals surface area contributed by atoms with Crippen molar-refractivity contribution in [2.24, 2.45) is 5.92 Å². The van der Waals surface area contributed by atoms with Gasteiger partial charge in [0.15, 0.2) is 6.61 Å². The molecule has 1 amide bonds. The van der Waals surface area contributed by atoms with Crippen LogP contribution in [0.2, 0.25) is 0 Å². The van der Waals surface area contributed by atoms with Gasteiger partial charge in [0.2, 0.25) is 0 Å². The molecule has 4 heteroatoms. The van der Waals surface area contributed by atoms with E-state index < -0.39 is 0 Å². The fourth-order valence-electron chi connectivity index (χ4n) is 2.62. The van der Waals surface area contributed by atoms with Crippen LogP contribution >= 0.6 is 0 Å². The van der Waals surface area contributed by atoms with Crippen LogP contribution in [-0.2, 0) is 4.79 Å². The summed E-state index contributed by atoms with van der Waals surface area (Å²) < 4.78 is 10.6. The van der Waals surface area contributed by atoms with Crippen LogP contribution in [-0.4, -0.2) is 25.7 Å². The molecule has 0 radical (unpaired) electrons. The van der Waals surface area contributed by atoms with Gasteiger partial charge in [-0.15, -0.1) is 0 Å². The first kappa shape index (κ1) is 14.7. The number of hydrogen-bond acceptors (Lipinski definition) is 3. The maximum absolute atomic E-state index is 11.9. The first-order valence-corrected chi connectivity index (χ1v) is 7.25. The van der Waals surface area contributed by atoms with Crippen LogP contribution in [0, 0.1) is 5.92 Å². The Bertz CT molecular complexity index is 447. The zero-order valence-corrected chi connectivity index (χ0v) is 12.2. The summed E-state index contributed by atoms with van der Waals surface area (Å²) in [6.07, 6.45) is 4.74. The lowest BCUT2D eigenvalue weighted by Crippen LogP contribution is -2.43. The Labute approximate surface area is 120 Å². The monoisotopic (exact) mass is 277 g/mol. The van der Waals surface area contributed by atoms with Crippen molar-refractivity contribution in [3.8, 4) is 11.5 Å². The lowest BCUT2D eigenvalue weighted by atomic mass is 9.86. The molecule has 1 fully saturated rings. The Balaban J connectivity index is 1.79. The molecule has 2 rings (SSSR count). The minimum atomic E-state index is -0.0495. The van der Waals surface area contributed by atoms with Crippen LogP contribution < -0.4 is 14.8 Å². The van der Waals surface area contributed by atoms with E-state index in [2.05, 4.69) is 12.2 Å². The van der Waals surface area contributed by atoms with E-state index in [1.54, 1.807) is 13.2 Å². The minimum absolute atomic E-state index is 0.0495. The Morgan fingerprint density at radius 2 is 2.05 bits per heavy atom. The average Bonchev–Trinajstić information content (AvgIpc) is 2.48. The number of rotatable bonds is 5. The summed E-state index contributed by atoms with van der Waals surface area (Å²) in [4.78, 5) is 11.9. The number of methoxy groups -OCH3 is 1. The van der Waals surface area contributed by atoms with E-state index in [1.165, 1.54) is 19.3 Å². The number of carbonyl (C=O) groups is 1. The number of benzene rings is 1. The largest absolute Gasteiger partial charge is 0.497 e. The molecule has 0 aromatic heterocycles. The van der Waals surface area contributed by atoms with E-state index in [9.17, 15) is 4.79 Å². The third-order valence-electron chi connectivity index (χ3n) is 3.87.